The molecule has 1 aromatic rings. The van der Waals surface area contributed by atoms with Crippen molar-refractivity contribution in [3.05, 3.63) is 23.8 Å². The Morgan fingerprint density at radius 2 is 2.17 bits per heavy atom. The van der Waals surface area contributed by atoms with Gasteiger partial charge in [0.1, 0.15) is 0 Å². The summed E-state index contributed by atoms with van der Waals surface area (Å²) in [4.78, 5) is 11.4. The largest absolute Gasteiger partial charge is 0.454 e. The Morgan fingerprint density at radius 3 is 3.00 bits per heavy atom. The van der Waals surface area contributed by atoms with E-state index in [2.05, 4.69) is 10.6 Å². The maximum Gasteiger partial charge on any atom is 0.315 e. The Hall–Kier alpha value is -1.95. The molecule has 0 aromatic heterocycles. The first kappa shape index (κ1) is 12.5. The molecule has 0 atom stereocenters. The van der Waals surface area contributed by atoms with Gasteiger partial charge in [-0.05, 0) is 17.7 Å². The van der Waals surface area contributed by atoms with E-state index in [9.17, 15) is 4.79 Å². The van der Waals surface area contributed by atoms with Crippen molar-refractivity contribution in [3.63, 3.8) is 0 Å². The van der Waals surface area contributed by atoms with Crippen LogP contribution in [0.5, 0.6) is 11.5 Å². The van der Waals surface area contributed by atoms with E-state index in [1.54, 1.807) is 7.11 Å². The zero-order valence-corrected chi connectivity index (χ0v) is 10.2. The smallest absolute Gasteiger partial charge is 0.315 e. The zero-order valence-electron chi connectivity index (χ0n) is 10.2. The number of urea groups is 1. The fourth-order valence-electron chi connectivity index (χ4n) is 1.56. The molecule has 1 heterocycles. The molecule has 0 saturated carbocycles. The van der Waals surface area contributed by atoms with Crippen LogP contribution in [0, 0.1) is 0 Å². The van der Waals surface area contributed by atoms with E-state index < -0.39 is 0 Å². The third kappa shape index (κ3) is 3.27. The van der Waals surface area contributed by atoms with Gasteiger partial charge in [0, 0.05) is 20.2 Å². The average molecular weight is 252 g/mol. The number of hydrogen-bond acceptors (Lipinski definition) is 4. The van der Waals surface area contributed by atoms with Gasteiger partial charge in [-0.25, -0.2) is 4.79 Å². The Morgan fingerprint density at radius 1 is 1.33 bits per heavy atom. The molecular weight excluding hydrogens is 236 g/mol. The van der Waals surface area contributed by atoms with Gasteiger partial charge >= 0.3 is 6.03 Å². The highest BCUT2D eigenvalue weighted by Crippen LogP contribution is 2.32. The monoisotopic (exact) mass is 252 g/mol. The van der Waals surface area contributed by atoms with Crippen molar-refractivity contribution in [2.75, 3.05) is 27.1 Å². The lowest BCUT2D eigenvalue weighted by Gasteiger charge is -2.07. The van der Waals surface area contributed by atoms with Crippen LogP contribution >= 0.6 is 0 Å². The van der Waals surface area contributed by atoms with Crippen LogP contribution in [0.3, 0.4) is 0 Å². The van der Waals surface area contributed by atoms with Gasteiger partial charge in [-0.1, -0.05) is 6.07 Å². The summed E-state index contributed by atoms with van der Waals surface area (Å²) in [5, 5.41) is 5.42. The molecule has 1 aromatic carbocycles. The van der Waals surface area contributed by atoms with Crippen molar-refractivity contribution in [1.29, 1.82) is 0 Å². The number of benzene rings is 1. The number of ether oxygens (including phenoxy) is 3. The standard InChI is InChI=1S/C12H16N2O4/c1-16-5-4-13-12(15)14-7-9-2-3-10-11(6-9)18-8-17-10/h2-3,6H,4-5,7-8H2,1H3,(H2,13,14,15). The summed E-state index contributed by atoms with van der Waals surface area (Å²) in [7, 11) is 1.59. The van der Waals surface area contributed by atoms with Crippen molar-refractivity contribution >= 4 is 6.03 Å². The number of hydrogen-bond donors (Lipinski definition) is 2. The zero-order chi connectivity index (χ0) is 12.8. The third-order valence-corrected chi connectivity index (χ3v) is 2.48. The Labute approximate surface area is 105 Å². The molecule has 1 aliphatic rings. The highest BCUT2D eigenvalue weighted by atomic mass is 16.7. The molecule has 2 amide bonds. The molecule has 6 nitrogen and oxygen atoms in total. The van der Waals surface area contributed by atoms with Crippen molar-refractivity contribution in [1.82, 2.24) is 10.6 Å². The number of methoxy groups -OCH3 is 1. The second-order valence-electron chi connectivity index (χ2n) is 3.79. The van der Waals surface area contributed by atoms with Gasteiger partial charge in [0.05, 0.1) is 6.61 Å². The predicted octanol–water partition coefficient (Wildman–Crippen LogP) is 0.861. The van der Waals surface area contributed by atoms with E-state index >= 15 is 0 Å². The van der Waals surface area contributed by atoms with Crippen molar-refractivity contribution in [2.45, 2.75) is 6.54 Å². The number of carbonyl (C=O) groups excluding carboxylic acids is 1. The summed E-state index contributed by atoms with van der Waals surface area (Å²) < 4.78 is 15.3. The second-order valence-corrected chi connectivity index (χ2v) is 3.79. The Bertz CT molecular complexity index is 423. The molecule has 2 rings (SSSR count). The minimum atomic E-state index is -0.218. The third-order valence-electron chi connectivity index (χ3n) is 2.48. The Kier molecular flexibility index (Phi) is 4.25. The lowest BCUT2D eigenvalue weighted by Crippen LogP contribution is -2.36. The minimum absolute atomic E-state index is 0.218. The number of amides is 2. The lowest BCUT2D eigenvalue weighted by molar-refractivity contribution is 0.174. The van der Waals surface area contributed by atoms with Crippen LogP contribution in [0.2, 0.25) is 0 Å². The maximum atomic E-state index is 11.4. The van der Waals surface area contributed by atoms with E-state index in [1.165, 1.54) is 0 Å². The lowest BCUT2D eigenvalue weighted by atomic mass is 10.2. The van der Waals surface area contributed by atoms with Crippen LogP contribution in [0.4, 0.5) is 4.79 Å². The van der Waals surface area contributed by atoms with Crippen LogP contribution in [0.25, 0.3) is 0 Å². The summed E-state index contributed by atoms with van der Waals surface area (Å²) in [6.07, 6.45) is 0. The fraction of sp³-hybridized carbons (Fsp3) is 0.417. The van der Waals surface area contributed by atoms with Gasteiger partial charge in [-0.15, -0.1) is 0 Å². The Balaban J connectivity index is 1.78. The highest BCUT2D eigenvalue weighted by Gasteiger charge is 2.13. The fourth-order valence-corrected chi connectivity index (χ4v) is 1.56. The minimum Gasteiger partial charge on any atom is -0.454 e. The van der Waals surface area contributed by atoms with E-state index in [0.717, 1.165) is 11.3 Å². The first-order valence-electron chi connectivity index (χ1n) is 5.69. The van der Waals surface area contributed by atoms with Crippen LogP contribution in [0.1, 0.15) is 5.56 Å². The second kappa shape index (κ2) is 6.11. The van der Waals surface area contributed by atoms with E-state index in [4.69, 9.17) is 14.2 Å². The van der Waals surface area contributed by atoms with E-state index in [1.807, 2.05) is 18.2 Å². The SMILES string of the molecule is COCCNC(=O)NCc1ccc2c(c1)OCO2. The van der Waals surface area contributed by atoms with Crippen molar-refractivity contribution in [2.24, 2.45) is 0 Å². The molecule has 98 valence electrons. The molecular formula is C12H16N2O4. The normalized spacial score (nSPS) is 12.3. The average Bonchev–Trinajstić information content (AvgIpc) is 2.84. The van der Waals surface area contributed by atoms with Crippen molar-refractivity contribution < 1.29 is 19.0 Å². The summed E-state index contributed by atoms with van der Waals surface area (Å²) in [6, 6.07) is 5.37. The van der Waals surface area contributed by atoms with Gasteiger partial charge < -0.3 is 24.8 Å². The first-order chi connectivity index (χ1) is 8.79. The molecule has 18 heavy (non-hydrogen) atoms. The molecule has 0 aliphatic carbocycles. The van der Waals surface area contributed by atoms with Crippen LogP contribution in [-0.2, 0) is 11.3 Å². The molecule has 0 fully saturated rings. The molecule has 0 unspecified atom stereocenters. The van der Waals surface area contributed by atoms with Crippen LogP contribution < -0.4 is 20.1 Å². The van der Waals surface area contributed by atoms with Crippen LogP contribution in [-0.4, -0.2) is 33.1 Å². The molecule has 0 saturated heterocycles. The van der Waals surface area contributed by atoms with Crippen molar-refractivity contribution in [3.8, 4) is 11.5 Å². The quantitative estimate of drug-likeness (QED) is 0.763. The molecule has 0 bridgehead atoms. The van der Waals surface area contributed by atoms with Gasteiger partial charge in [0.2, 0.25) is 6.79 Å². The van der Waals surface area contributed by atoms with Gasteiger partial charge in [0.15, 0.2) is 11.5 Å². The first-order valence-corrected chi connectivity index (χ1v) is 5.69. The molecule has 1 aliphatic heterocycles. The number of fused-ring (bicyclic) bond motifs is 1. The molecule has 0 spiro atoms. The molecule has 6 heteroatoms. The molecule has 2 N–H and O–H groups in total. The topological polar surface area (TPSA) is 68.8 Å². The highest BCUT2D eigenvalue weighted by molar-refractivity contribution is 5.73. The number of nitrogens with one attached hydrogen (secondary N) is 2. The molecule has 0 radical (unpaired) electrons. The van der Waals surface area contributed by atoms with Gasteiger partial charge in [-0.3, -0.25) is 0 Å². The number of rotatable bonds is 5. The maximum absolute atomic E-state index is 11.4. The summed E-state index contributed by atoms with van der Waals surface area (Å²) >= 11 is 0. The van der Waals surface area contributed by atoms with Gasteiger partial charge in [0.25, 0.3) is 0 Å². The summed E-state index contributed by atoms with van der Waals surface area (Å²) in [5.74, 6) is 1.46. The number of carbonyl (C=O) groups is 1. The predicted molar refractivity (Wildman–Crippen MR) is 64.7 cm³/mol. The van der Waals surface area contributed by atoms with Gasteiger partial charge in [-0.2, -0.15) is 0 Å². The summed E-state index contributed by atoms with van der Waals surface area (Å²) in [5.41, 5.74) is 0.959. The van der Waals surface area contributed by atoms with E-state index in [-0.39, 0.29) is 12.8 Å². The van der Waals surface area contributed by atoms with Crippen LogP contribution in [0.15, 0.2) is 18.2 Å². The summed E-state index contributed by atoms with van der Waals surface area (Å²) in [6.45, 7) is 1.68. The van der Waals surface area contributed by atoms with E-state index in [0.29, 0.717) is 25.4 Å².